The molecule has 7 heteroatoms. The lowest BCUT2D eigenvalue weighted by Gasteiger charge is -2.35. The highest BCUT2D eigenvalue weighted by Gasteiger charge is 2.48. The van der Waals surface area contributed by atoms with E-state index < -0.39 is 5.92 Å². The minimum Gasteiger partial charge on any atom is -0.391 e. The minimum absolute atomic E-state index is 0.0387. The van der Waals surface area contributed by atoms with Crippen LogP contribution < -0.4 is 0 Å². The first-order chi connectivity index (χ1) is 14.8. The Kier molecular flexibility index (Phi) is 4.76. The summed E-state index contributed by atoms with van der Waals surface area (Å²) >= 11 is 0. The molecule has 3 heterocycles. The van der Waals surface area contributed by atoms with Crippen LogP contribution in [-0.4, -0.2) is 51.0 Å². The Morgan fingerprint density at radius 1 is 1.26 bits per heavy atom. The summed E-state index contributed by atoms with van der Waals surface area (Å²) in [4.78, 5) is 15.4. The Morgan fingerprint density at radius 2 is 1.97 bits per heavy atom. The number of fused-ring (bicyclic) bond motifs is 2. The van der Waals surface area contributed by atoms with Crippen molar-refractivity contribution in [2.45, 2.75) is 69.1 Å². The average molecular weight is 425 g/mol. The van der Waals surface area contributed by atoms with E-state index in [0.717, 1.165) is 29.9 Å². The quantitative estimate of drug-likeness (QED) is 0.737. The molecule has 2 aliphatic heterocycles. The van der Waals surface area contributed by atoms with Crippen molar-refractivity contribution in [1.29, 1.82) is 5.26 Å². The number of carbonyl (C=O) groups excluding carboxylic acids is 1. The van der Waals surface area contributed by atoms with Gasteiger partial charge in [0, 0.05) is 53.5 Å². The summed E-state index contributed by atoms with van der Waals surface area (Å²) < 4.78 is 29.2. The van der Waals surface area contributed by atoms with Crippen molar-refractivity contribution < 1.29 is 18.7 Å². The molecule has 31 heavy (non-hydrogen) atoms. The van der Waals surface area contributed by atoms with Gasteiger partial charge in [-0.05, 0) is 56.5 Å². The fraction of sp³-hybridized carbons (Fsp3) is 0.500. The van der Waals surface area contributed by atoms with Crippen molar-refractivity contribution in [3.8, 4) is 11.8 Å². The molecule has 1 N–H and O–H groups in total. The predicted octanol–water partition coefficient (Wildman–Crippen LogP) is 3.95. The van der Waals surface area contributed by atoms with Gasteiger partial charge in [-0.3, -0.25) is 9.69 Å². The van der Waals surface area contributed by atoms with Crippen molar-refractivity contribution >= 4 is 5.78 Å². The number of nitrogens with zero attached hydrogens (tertiary/aromatic N) is 3. The molecule has 1 saturated carbocycles. The number of ketones is 1. The number of benzene rings is 1. The summed E-state index contributed by atoms with van der Waals surface area (Å²) in [7, 11) is 0. The molecule has 3 fully saturated rings. The molecule has 2 unspecified atom stereocenters. The monoisotopic (exact) mass is 425 g/mol. The number of aliphatic hydroxyl groups excluding tert-OH is 1. The lowest BCUT2D eigenvalue weighted by atomic mass is 9.79. The second-order valence-electron chi connectivity index (χ2n) is 9.22. The number of carbonyl (C=O) groups is 1. The van der Waals surface area contributed by atoms with E-state index in [0.29, 0.717) is 17.5 Å². The molecule has 2 bridgehead atoms. The molecule has 2 aromatic rings. The molecule has 1 aromatic carbocycles. The van der Waals surface area contributed by atoms with Crippen LogP contribution in [0, 0.1) is 18.3 Å². The van der Waals surface area contributed by atoms with Crippen LogP contribution in [0.5, 0.6) is 0 Å². The maximum Gasteiger partial charge on any atom is 0.249 e. The second-order valence-corrected chi connectivity index (χ2v) is 9.22. The van der Waals surface area contributed by atoms with Gasteiger partial charge in [-0.15, -0.1) is 0 Å². The van der Waals surface area contributed by atoms with Crippen LogP contribution in [0.15, 0.2) is 30.3 Å². The third kappa shape index (κ3) is 3.38. The van der Waals surface area contributed by atoms with Crippen LogP contribution in [0.25, 0.3) is 5.69 Å². The SMILES string of the molecule is Cc1c(C(=O)CN2C3CCC2[C@@H](O)C3)cc(C2CC(F)(F)C2)n1-c1ccc(C#N)cc1. The number of halogens is 2. The third-order valence-corrected chi connectivity index (χ3v) is 7.31. The number of aliphatic hydroxyl groups is 1. The van der Waals surface area contributed by atoms with E-state index >= 15 is 0 Å². The summed E-state index contributed by atoms with van der Waals surface area (Å²) in [6, 6.07) is 11.1. The fourth-order valence-electron chi connectivity index (χ4n) is 5.68. The zero-order valence-electron chi connectivity index (χ0n) is 17.4. The summed E-state index contributed by atoms with van der Waals surface area (Å²) in [5, 5.41) is 19.3. The van der Waals surface area contributed by atoms with Gasteiger partial charge in [0.2, 0.25) is 5.92 Å². The summed E-state index contributed by atoms with van der Waals surface area (Å²) in [5.74, 6) is -3.01. The number of aromatic nitrogens is 1. The Labute approximate surface area is 179 Å². The first-order valence-corrected chi connectivity index (χ1v) is 10.8. The summed E-state index contributed by atoms with van der Waals surface area (Å²) in [6.45, 7) is 2.09. The summed E-state index contributed by atoms with van der Waals surface area (Å²) in [6.07, 6.45) is 1.82. The molecule has 0 spiro atoms. The number of rotatable bonds is 5. The molecule has 162 valence electrons. The van der Waals surface area contributed by atoms with E-state index in [1.165, 1.54) is 0 Å². The molecule has 1 aromatic heterocycles. The Morgan fingerprint density at radius 3 is 2.52 bits per heavy atom. The highest BCUT2D eigenvalue weighted by atomic mass is 19.3. The van der Waals surface area contributed by atoms with E-state index in [1.807, 2.05) is 11.5 Å². The second kappa shape index (κ2) is 7.25. The fourth-order valence-corrected chi connectivity index (χ4v) is 5.68. The van der Waals surface area contributed by atoms with Gasteiger partial charge in [-0.25, -0.2) is 8.78 Å². The highest BCUT2D eigenvalue weighted by molar-refractivity contribution is 5.99. The molecule has 3 aliphatic rings. The van der Waals surface area contributed by atoms with Crippen LogP contribution in [0.3, 0.4) is 0 Å². The molecule has 2 saturated heterocycles. The van der Waals surface area contributed by atoms with Gasteiger partial charge in [0.05, 0.1) is 24.3 Å². The topological polar surface area (TPSA) is 69.3 Å². The van der Waals surface area contributed by atoms with E-state index in [4.69, 9.17) is 5.26 Å². The number of Topliss-reactive ketones (excluding diaryl/α,β-unsaturated/α-hetero) is 1. The van der Waals surface area contributed by atoms with Crippen LogP contribution in [0.1, 0.15) is 65.3 Å². The minimum atomic E-state index is -2.66. The molecular weight excluding hydrogens is 400 g/mol. The lowest BCUT2D eigenvalue weighted by Crippen LogP contribution is -2.36. The van der Waals surface area contributed by atoms with Crippen molar-refractivity contribution in [2.75, 3.05) is 6.54 Å². The van der Waals surface area contributed by atoms with Gasteiger partial charge in [-0.1, -0.05) is 0 Å². The largest absolute Gasteiger partial charge is 0.391 e. The molecule has 0 radical (unpaired) electrons. The lowest BCUT2D eigenvalue weighted by molar-refractivity contribution is -0.0879. The zero-order valence-corrected chi connectivity index (χ0v) is 17.4. The molecule has 1 aliphatic carbocycles. The van der Waals surface area contributed by atoms with Gasteiger partial charge in [0.1, 0.15) is 0 Å². The highest BCUT2D eigenvalue weighted by Crippen LogP contribution is 2.49. The summed E-state index contributed by atoms with van der Waals surface area (Å²) in [5.41, 5.74) is 3.28. The van der Waals surface area contributed by atoms with Crippen LogP contribution in [-0.2, 0) is 0 Å². The maximum atomic E-state index is 13.6. The van der Waals surface area contributed by atoms with Crippen molar-refractivity contribution in [3.05, 3.63) is 52.8 Å². The predicted molar refractivity (Wildman–Crippen MR) is 111 cm³/mol. The van der Waals surface area contributed by atoms with Crippen LogP contribution in [0.4, 0.5) is 8.78 Å². The third-order valence-electron chi connectivity index (χ3n) is 7.31. The van der Waals surface area contributed by atoms with Gasteiger partial charge in [0.15, 0.2) is 5.78 Å². The standard InChI is InChI=1S/C24H25F2N3O2/c1-14-19(23(31)13-28-18-6-7-20(28)22(30)8-18)9-21(16-10-24(25,26)11-16)29(14)17-4-2-15(12-27)3-5-17/h2-5,9,16,18,20,22,30H,6-8,10-11,13H2,1H3/t18?,20?,22-/m0/s1. The van der Waals surface area contributed by atoms with Crippen LogP contribution >= 0.6 is 0 Å². The first kappa shape index (κ1) is 20.3. The molecule has 5 rings (SSSR count). The van der Waals surface area contributed by atoms with Gasteiger partial charge >= 0.3 is 0 Å². The van der Waals surface area contributed by atoms with Crippen LogP contribution in [0.2, 0.25) is 0 Å². The van der Waals surface area contributed by atoms with E-state index in [1.54, 1.807) is 30.3 Å². The zero-order chi connectivity index (χ0) is 21.9. The normalized spacial score (nSPS) is 27.3. The van der Waals surface area contributed by atoms with E-state index in [9.17, 15) is 18.7 Å². The number of hydrogen-bond donors (Lipinski definition) is 1. The van der Waals surface area contributed by atoms with Crippen molar-refractivity contribution in [1.82, 2.24) is 9.47 Å². The average Bonchev–Trinajstić information content (AvgIpc) is 3.36. The molecule has 3 atom stereocenters. The van der Waals surface area contributed by atoms with Gasteiger partial charge in [-0.2, -0.15) is 5.26 Å². The van der Waals surface area contributed by atoms with Gasteiger partial charge < -0.3 is 9.67 Å². The van der Waals surface area contributed by atoms with Gasteiger partial charge in [0.25, 0.3) is 0 Å². The number of hydrogen-bond acceptors (Lipinski definition) is 4. The Balaban J connectivity index is 1.48. The van der Waals surface area contributed by atoms with E-state index in [2.05, 4.69) is 11.0 Å². The molecule has 5 nitrogen and oxygen atoms in total. The smallest absolute Gasteiger partial charge is 0.249 e. The van der Waals surface area contributed by atoms with E-state index in [-0.39, 0.29) is 49.3 Å². The van der Waals surface area contributed by atoms with Crippen molar-refractivity contribution in [3.63, 3.8) is 0 Å². The Hall–Kier alpha value is -2.56. The van der Waals surface area contributed by atoms with Crippen molar-refractivity contribution in [2.24, 2.45) is 0 Å². The number of alkyl halides is 2. The Bertz CT molecular complexity index is 1060. The maximum absolute atomic E-state index is 13.6. The molecule has 0 amide bonds. The molecular formula is C24H25F2N3O2. The first-order valence-electron chi connectivity index (χ1n) is 10.8. The number of nitriles is 1.